The van der Waals surface area contributed by atoms with Gasteiger partial charge in [-0.3, -0.25) is 14.6 Å². The number of aromatic amines is 1. The van der Waals surface area contributed by atoms with Gasteiger partial charge < -0.3 is 14.9 Å². The molecule has 2 aromatic carbocycles. The number of carbonyl (C=O) groups is 1. The Balaban J connectivity index is 1.32. The molecule has 0 saturated carbocycles. The van der Waals surface area contributed by atoms with Crippen molar-refractivity contribution in [2.75, 3.05) is 6.26 Å². The molecule has 198 valence electrons. The van der Waals surface area contributed by atoms with Gasteiger partial charge in [-0.1, -0.05) is 35.9 Å². The first-order chi connectivity index (χ1) is 18.7. The van der Waals surface area contributed by atoms with Crippen molar-refractivity contribution in [1.82, 2.24) is 19.9 Å². The topological polar surface area (TPSA) is 114 Å². The predicted molar refractivity (Wildman–Crippen MR) is 151 cm³/mol. The highest BCUT2D eigenvalue weighted by atomic mass is 35.5. The summed E-state index contributed by atoms with van der Waals surface area (Å²) in [6.07, 6.45) is 6.39. The average Bonchev–Trinajstić information content (AvgIpc) is 3.29. The van der Waals surface area contributed by atoms with E-state index in [4.69, 9.17) is 11.6 Å². The number of nitrogens with zero attached hydrogens (tertiary/aromatic N) is 2. The Labute approximate surface area is 230 Å². The third-order valence-corrected chi connectivity index (χ3v) is 7.88. The lowest BCUT2D eigenvalue weighted by Gasteiger charge is -2.12. The first-order valence-corrected chi connectivity index (χ1v) is 14.4. The Hall–Kier alpha value is -4.21. The van der Waals surface area contributed by atoms with E-state index < -0.39 is 9.84 Å². The molecule has 0 spiro atoms. The number of fused-ring (bicyclic) bond motifs is 1. The summed E-state index contributed by atoms with van der Waals surface area (Å²) in [6, 6.07) is 19.0. The molecule has 0 fully saturated rings. The standard InChI is InChI=1S/C29H25ClN4O4S/c1-39(37,38)27-14-19(5-7-22(27)18-34-11-3-2-4-28(34)35)12-23-15-21(9-10-31-23)29(36)33-16-20-6-8-26-24(13-20)25(30)17-32-26/h2-11,13-15,17,32H,12,16,18H2,1H3,(H,33,36). The van der Waals surface area contributed by atoms with Gasteiger partial charge in [-0.25, -0.2) is 8.42 Å². The van der Waals surface area contributed by atoms with Crippen molar-refractivity contribution < 1.29 is 13.2 Å². The summed E-state index contributed by atoms with van der Waals surface area (Å²) in [5.74, 6) is -0.251. The molecule has 0 unspecified atom stereocenters. The van der Waals surface area contributed by atoms with E-state index in [-0.39, 0.29) is 22.9 Å². The van der Waals surface area contributed by atoms with Crippen LogP contribution in [0.15, 0.2) is 95.0 Å². The lowest BCUT2D eigenvalue weighted by Crippen LogP contribution is -2.23. The summed E-state index contributed by atoms with van der Waals surface area (Å²) in [4.78, 5) is 32.6. The average molecular weight is 561 g/mol. The molecule has 10 heteroatoms. The fraction of sp³-hybridized carbons (Fsp3) is 0.138. The number of H-pyrrole nitrogens is 1. The second-order valence-corrected chi connectivity index (χ2v) is 11.7. The van der Waals surface area contributed by atoms with Crippen molar-refractivity contribution in [2.45, 2.75) is 24.4 Å². The molecule has 3 heterocycles. The Morgan fingerprint density at radius 2 is 1.87 bits per heavy atom. The van der Waals surface area contributed by atoms with E-state index >= 15 is 0 Å². The largest absolute Gasteiger partial charge is 0.360 e. The van der Waals surface area contributed by atoms with Gasteiger partial charge in [0.15, 0.2) is 9.84 Å². The van der Waals surface area contributed by atoms with Crippen molar-refractivity contribution in [2.24, 2.45) is 0 Å². The van der Waals surface area contributed by atoms with Crippen LogP contribution in [0, 0.1) is 0 Å². The van der Waals surface area contributed by atoms with Gasteiger partial charge in [0.2, 0.25) is 0 Å². The summed E-state index contributed by atoms with van der Waals surface area (Å²) < 4.78 is 26.6. The zero-order valence-electron chi connectivity index (χ0n) is 21.0. The molecule has 3 aromatic heterocycles. The predicted octanol–water partition coefficient (Wildman–Crippen LogP) is 4.35. The van der Waals surface area contributed by atoms with Crippen molar-refractivity contribution in [1.29, 1.82) is 0 Å². The van der Waals surface area contributed by atoms with E-state index in [2.05, 4.69) is 15.3 Å². The summed E-state index contributed by atoms with van der Waals surface area (Å²) in [5, 5.41) is 4.44. The third kappa shape index (κ3) is 6.10. The lowest BCUT2D eigenvalue weighted by atomic mass is 10.1. The molecule has 0 aliphatic carbocycles. The SMILES string of the molecule is CS(=O)(=O)c1cc(Cc2cc(C(=O)NCc3ccc4[nH]cc(Cl)c4c3)ccn2)ccc1Cn1ccccc1=O. The number of benzene rings is 2. The molecule has 0 saturated heterocycles. The van der Waals surface area contributed by atoms with Gasteiger partial charge in [0.1, 0.15) is 0 Å². The molecule has 2 N–H and O–H groups in total. The number of sulfone groups is 1. The van der Waals surface area contributed by atoms with Gasteiger partial charge in [-0.2, -0.15) is 0 Å². The number of halogens is 1. The normalized spacial score (nSPS) is 11.5. The van der Waals surface area contributed by atoms with Crippen molar-refractivity contribution in [3.63, 3.8) is 0 Å². The quantitative estimate of drug-likeness (QED) is 0.293. The Morgan fingerprint density at radius 3 is 2.67 bits per heavy atom. The van der Waals surface area contributed by atoms with E-state index in [1.54, 1.807) is 55.0 Å². The first kappa shape index (κ1) is 26.4. The minimum absolute atomic E-state index is 0.138. The molecule has 0 aliphatic rings. The molecule has 39 heavy (non-hydrogen) atoms. The summed E-state index contributed by atoms with van der Waals surface area (Å²) >= 11 is 6.20. The van der Waals surface area contributed by atoms with Crippen LogP contribution in [-0.4, -0.2) is 35.1 Å². The maximum absolute atomic E-state index is 12.9. The van der Waals surface area contributed by atoms with Crippen molar-refractivity contribution >= 4 is 38.2 Å². The molecule has 5 rings (SSSR count). The second kappa shape index (κ2) is 10.9. The Kier molecular flexibility index (Phi) is 7.36. The minimum Gasteiger partial charge on any atom is -0.360 e. The molecule has 1 amide bonds. The molecule has 0 bridgehead atoms. The Morgan fingerprint density at radius 1 is 1.05 bits per heavy atom. The lowest BCUT2D eigenvalue weighted by molar-refractivity contribution is 0.0950. The Bertz CT molecular complexity index is 1860. The fourth-order valence-corrected chi connectivity index (χ4v) is 5.60. The number of pyridine rings is 2. The van der Waals surface area contributed by atoms with E-state index in [0.717, 1.165) is 28.3 Å². The molecule has 0 atom stereocenters. The monoisotopic (exact) mass is 560 g/mol. The number of amides is 1. The number of rotatable bonds is 8. The van der Waals surface area contributed by atoms with Gasteiger partial charge in [0.25, 0.3) is 11.5 Å². The van der Waals surface area contributed by atoms with E-state index in [0.29, 0.717) is 34.8 Å². The minimum atomic E-state index is -3.56. The van der Waals surface area contributed by atoms with Crippen LogP contribution in [0.2, 0.25) is 5.02 Å². The van der Waals surface area contributed by atoms with Gasteiger partial charge in [-0.15, -0.1) is 0 Å². The van der Waals surface area contributed by atoms with Gasteiger partial charge in [-0.05, 0) is 53.1 Å². The zero-order chi connectivity index (χ0) is 27.6. The fourth-order valence-electron chi connectivity index (χ4n) is 4.41. The number of hydrogen-bond acceptors (Lipinski definition) is 5. The van der Waals surface area contributed by atoms with Crippen molar-refractivity contribution in [3.8, 4) is 0 Å². The third-order valence-electron chi connectivity index (χ3n) is 6.38. The summed E-state index contributed by atoms with van der Waals surface area (Å²) in [6.45, 7) is 0.469. The van der Waals surface area contributed by atoms with Crippen molar-refractivity contribution in [3.05, 3.63) is 129 Å². The van der Waals surface area contributed by atoms with Crippen LogP contribution < -0.4 is 10.9 Å². The summed E-state index contributed by atoms with van der Waals surface area (Å²) in [5.41, 5.74) is 3.94. The van der Waals surface area contributed by atoms with E-state index in [9.17, 15) is 18.0 Å². The van der Waals surface area contributed by atoms with Gasteiger partial charge in [0, 0.05) is 66.0 Å². The highest BCUT2D eigenvalue weighted by Crippen LogP contribution is 2.24. The van der Waals surface area contributed by atoms with Crippen LogP contribution in [0.1, 0.15) is 32.7 Å². The van der Waals surface area contributed by atoms with E-state index in [1.165, 1.54) is 10.6 Å². The smallest absolute Gasteiger partial charge is 0.251 e. The molecular weight excluding hydrogens is 536 g/mol. The van der Waals surface area contributed by atoms with Crippen LogP contribution in [0.25, 0.3) is 10.9 Å². The molecular formula is C29H25ClN4O4S. The zero-order valence-corrected chi connectivity index (χ0v) is 22.6. The maximum atomic E-state index is 12.9. The molecule has 5 aromatic rings. The highest BCUT2D eigenvalue weighted by Gasteiger charge is 2.16. The number of carbonyl (C=O) groups excluding carboxylic acids is 1. The van der Waals surface area contributed by atoms with Crippen LogP contribution >= 0.6 is 11.6 Å². The molecule has 8 nitrogen and oxygen atoms in total. The van der Waals surface area contributed by atoms with Gasteiger partial charge >= 0.3 is 0 Å². The van der Waals surface area contributed by atoms with E-state index in [1.807, 2.05) is 24.3 Å². The van der Waals surface area contributed by atoms with Crippen LogP contribution in [0.3, 0.4) is 0 Å². The van der Waals surface area contributed by atoms with Gasteiger partial charge in [0.05, 0.1) is 16.5 Å². The number of aromatic nitrogens is 3. The summed E-state index contributed by atoms with van der Waals surface area (Å²) in [7, 11) is -3.56. The number of nitrogens with one attached hydrogen (secondary N) is 2. The van der Waals surface area contributed by atoms with Crippen LogP contribution in [0.4, 0.5) is 0 Å². The maximum Gasteiger partial charge on any atom is 0.251 e. The first-order valence-electron chi connectivity index (χ1n) is 12.1. The van der Waals surface area contributed by atoms with Crippen LogP contribution in [0.5, 0.6) is 0 Å². The number of hydrogen-bond donors (Lipinski definition) is 2. The molecule has 0 radical (unpaired) electrons. The highest BCUT2D eigenvalue weighted by molar-refractivity contribution is 7.90. The van der Waals surface area contributed by atoms with Crippen LogP contribution in [-0.2, 0) is 29.3 Å². The molecule has 0 aliphatic heterocycles. The second-order valence-electron chi connectivity index (χ2n) is 9.29.